The predicted octanol–water partition coefficient (Wildman–Crippen LogP) is 1.76. The first-order chi connectivity index (χ1) is 9.10. The molecule has 1 aliphatic heterocycles. The molecule has 1 atom stereocenters. The Morgan fingerprint density at radius 3 is 2.84 bits per heavy atom. The second-order valence-corrected chi connectivity index (χ2v) is 5.36. The largest absolute Gasteiger partial charge is 0.481 e. The van der Waals surface area contributed by atoms with Gasteiger partial charge in [-0.3, -0.25) is 0 Å². The first kappa shape index (κ1) is 14.1. The summed E-state index contributed by atoms with van der Waals surface area (Å²) in [7, 11) is 1.64. The van der Waals surface area contributed by atoms with Crippen LogP contribution in [0.2, 0.25) is 0 Å². The molecule has 0 saturated carbocycles. The second-order valence-electron chi connectivity index (χ2n) is 5.36. The first-order valence-electron chi connectivity index (χ1n) is 7.00. The van der Waals surface area contributed by atoms with Crippen LogP contribution in [0.3, 0.4) is 0 Å². The molecule has 19 heavy (non-hydrogen) atoms. The summed E-state index contributed by atoms with van der Waals surface area (Å²) >= 11 is 0. The maximum Gasteiger partial charge on any atom is 0.218 e. The molecule has 1 N–H and O–H groups in total. The van der Waals surface area contributed by atoms with E-state index in [1.54, 1.807) is 7.11 Å². The fraction of sp³-hybridized carbons (Fsp3) is 0.714. The van der Waals surface area contributed by atoms with Crippen molar-refractivity contribution in [3.63, 3.8) is 0 Å². The number of aryl methyl sites for hydroxylation is 1. The molecule has 0 radical (unpaired) electrons. The summed E-state index contributed by atoms with van der Waals surface area (Å²) in [4.78, 5) is 11.1. The van der Waals surface area contributed by atoms with Crippen molar-refractivity contribution in [3.05, 3.63) is 11.9 Å². The van der Waals surface area contributed by atoms with E-state index in [9.17, 15) is 0 Å². The summed E-state index contributed by atoms with van der Waals surface area (Å²) in [5.74, 6) is 2.33. The van der Waals surface area contributed by atoms with Crippen molar-refractivity contribution < 1.29 is 4.74 Å². The lowest BCUT2D eigenvalue weighted by Crippen LogP contribution is -2.41. The van der Waals surface area contributed by atoms with E-state index in [2.05, 4.69) is 34.0 Å². The molecule has 1 aliphatic rings. The molecule has 5 heteroatoms. The summed E-state index contributed by atoms with van der Waals surface area (Å²) in [6.07, 6.45) is 2.51. The van der Waals surface area contributed by atoms with Crippen molar-refractivity contribution in [2.75, 3.05) is 25.1 Å². The highest BCUT2D eigenvalue weighted by molar-refractivity contribution is 5.43. The SMILES string of the molecule is COc1cc(N(CC2CCCN2)C(C)C)nc(C)n1. The van der Waals surface area contributed by atoms with Gasteiger partial charge in [0.05, 0.1) is 7.11 Å². The zero-order valence-electron chi connectivity index (χ0n) is 12.3. The van der Waals surface area contributed by atoms with E-state index < -0.39 is 0 Å². The maximum atomic E-state index is 5.24. The summed E-state index contributed by atoms with van der Waals surface area (Å²) in [6, 6.07) is 2.88. The number of aromatic nitrogens is 2. The smallest absolute Gasteiger partial charge is 0.218 e. The molecule has 1 saturated heterocycles. The van der Waals surface area contributed by atoms with Gasteiger partial charge in [0, 0.05) is 24.7 Å². The molecule has 1 aromatic rings. The van der Waals surface area contributed by atoms with Crippen LogP contribution in [0.1, 0.15) is 32.5 Å². The van der Waals surface area contributed by atoms with Crippen LogP contribution in [0.5, 0.6) is 5.88 Å². The number of hydrogen-bond acceptors (Lipinski definition) is 5. The van der Waals surface area contributed by atoms with Gasteiger partial charge in [-0.15, -0.1) is 0 Å². The zero-order chi connectivity index (χ0) is 13.8. The lowest BCUT2D eigenvalue weighted by atomic mass is 10.2. The molecular formula is C14H24N4O. The summed E-state index contributed by atoms with van der Waals surface area (Å²) in [5, 5.41) is 3.54. The number of ether oxygens (including phenoxy) is 1. The number of methoxy groups -OCH3 is 1. The van der Waals surface area contributed by atoms with Crippen molar-refractivity contribution in [3.8, 4) is 5.88 Å². The third-order valence-electron chi connectivity index (χ3n) is 3.51. The molecule has 0 aliphatic carbocycles. The van der Waals surface area contributed by atoms with E-state index in [4.69, 9.17) is 4.74 Å². The van der Waals surface area contributed by atoms with Gasteiger partial charge in [-0.2, -0.15) is 4.98 Å². The van der Waals surface area contributed by atoms with Gasteiger partial charge in [0.2, 0.25) is 5.88 Å². The highest BCUT2D eigenvalue weighted by atomic mass is 16.5. The topological polar surface area (TPSA) is 50.3 Å². The molecule has 1 fully saturated rings. The third-order valence-corrected chi connectivity index (χ3v) is 3.51. The van der Waals surface area contributed by atoms with Gasteiger partial charge in [-0.1, -0.05) is 0 Å². The lowest BCUT2D eigenvalue weighted by Gasteiger charge is -2.30. The Morgan fingerprint density at radius 2 is 2.26 bits per heavy atom. The van der Waals surface area contributed by atoms with E-state index in [1.165, 1.54) is 12.8 Å². The van der Waals surface area contributed by atoms with Crippen LogP contribution in [0.4, 0.5) is 5.82 Å². The van der Waals surface area contributed by atoms with Crippen molar-refractivity contribution >= 4 is 5.82 Å². The minimum Gasteiger partial charge on any atom is -0.481 e. The van der Waals surface area contributed by atoms with Gasteiger partial charge in [-0.05, 0) is 40.2 Å². The van der Waals surface area contributed by atoms with E-state index >= 15 is 0 Å². The quantitative estimate of drug-likeness (QED) is 0.878. The monoisotopic (exact) mass is 264 g/mol. The van der Waals surface area contributed by atoms with Crippen LogP contribution >= 0.6 is 0 Å². The molecule has 106 valence electrons. The zero-order valence-corrected chi connectivity index (χ0v) is 12.3. The fourth-order valence-corrected chi connectivity index (χ4v) is 2.50. The maximum absolute atomic E-state index is 5.24. The second kappa shape index (κ2) is 6.19. The number of nitrogens with zero attached hydrogens (tertiary/aromatic N) is 3. The molecule has 0 amide bonds. The summed E-state index contributed by atoms with van der Waals surface area (Å²) in [5.41, 5.74) is 0. The van der Waals surface area contributed by atoms with Crippen molar-refractivity contribution in [1.29, 1.82) is 0 Å². The molecule has 5 nitrogen and oxygen atoms in total. The Bertz CT molecular complexity index is 416. The Hall–Kier alpha value is -1.36. The number of rotatable bonds is 5. The van der Waals surface area contributed by atoms with Gasteiger partial charge in [0.15, 0.2) is 0 Å². The van der Waals surface area contributed by atoms with Gasteiger partial charge >= 0.3 is 0 Å². The van der Waals surface area contributed by atoms with Crippen LogP contribution in [0.25, 0.3) is 0 Å². The van der Waals surface area contributed by atoms with Gasteiger partial charge in [0.1, 0.15) is 11.6 Å². The van der Waals surface area contributed by atoms with E-state index in [0.717, 1.165) is 24.7 Å². The third kappa shape index (κ3) is 3.56. The molecule has 0 bridgehead atoms. The molecular weight excluding hydrogens is 240 g/mol. The van der Waals surface area contributed by atoms with E-state index in [0.29, 0.717) is 18.0 Å². The Labute approximate surface area is 115 Å². The molecule has 0 aromatic carbocycles. The molecule has 2 heterocycles. The number of nitrogens with one attached hydrogen (secondary N) is 1. The number of hydrogen-bond donors (Lipinski definition) is 1. The van der Waals surface area contributed by atoms with E-state index in [-0.39, 0.29) is 0 Å². The molecule has 0 spiro atoms. The van der Waals surface area contributed by atoms with Crippen LogP contribution < -0.4 is 15.0 Å². The Morgan fingerprint density at radius 1 is 1.47 bits per heavy atom. The minimum absolute atomic E-state index is 0.404. The standard InChI is InChI=1S/C14H24N4O/c1-10(2)18(9-12-6-5-7-15-12)13-8-14(19-4)17-11(3)16-13/h8,10,12,15H,5-7,9H2,1-4H3. The molecule has 2 rings (SSSR count). The molecule has 1 aromatic heterocycles. The average molecular weight is 264 g/mol. The van der Waals surface area contributed by atoms with Gasteiger partial charge in [0.25, 0.3) is 0 Å². The highest BCUT2D eigenvalue weighted by Gasteiger charge is 2.21. The van der Waals surface area contributed by atoms with Gasteiger partial charge in [-0.25, -0.2) is 4.98 Å². The van der Waals surface area contributed by atoms with Crippen LogP contribution in [0.15, 0.2) is 6.07 Å². The molecule has 1 unspecified atom stereocenters. The summed E-state index contributed by atoms with van der Waals surface area (Å²) in [6.45, 7) is 8.40. The summed E-state index contributed by atoms with van der Waals surface area (Å²) < 4.78 is 5.24. The van der Waals surface area contributed by atoms with Crippen LogP contribution in [-0.4, -0.2) is 42.3 Å². The van der Waals surface area contributed by atoms with Crippen LogP contribution in [0, 0.1) is 6.92 Å². The normalized spacial score (nSPS) is 18.9. The predicted molar refractivity (Wildman–Crippen MR) is 76.8 cm³/mol. The highest BCUT2D eigenvalue weighted by Crippen LogP contribution is 2.21. The van der Waals surface area contributed by atoms with Crippen molar-refractivity contribution in [2.24, 2.45) is 0 Å². The lowest BCUT2D eigenvalue weighted by molar-refractivity contribution is 0.395. The fourth-order valence-electron chi connectivity index (χ4n) is 2.50. The van der Waals surface area contributed by atoms with Crippen molar-refractivity contribution in [2.45, 2.75) is 45.7 Å². The van der Waals surface area contributed by atoms with Crippen LogP contribution in [-0.2, 0) is 0 Å². The van der Waals surface area contributed by atoms with Crippen molar-refractivity contribution in [1.82, 2.24) is 15.3 Å². The van der Waals surface area contributed by atoms with Gasteiger partial charge < -0.3 is 15.0 Å². The minimum atomic E-state index is 0.404. The Balaban J connectivity index is 2.19. The first-order valence-corrected chi connectivity index (χ1v) is 7.00. The Kier molecular flexibility index (Phi) is 4.58. The van der Waals surface area contributed by atoms with E-state index in [1.807, 2.05) is 13.0 Å². The average Bonchev–Trinajstić information content (AvgIpc) is 2.87. The number of anilines is 1.